The van der Waals surface area contributed by atoms with Crippen molar-refractivity contribution >= 4 is 11.6 Å². The summed E-state index contributed by atoms with van der Waals surface area (Å²) >= 11 is 0. The molecule has 1 unspecified atom stereocenters. The van der Waals surface area contributed by atoms with Crippen molar-refractivity contribution in [3.05, 3.63) is 47.8 Å². The van der Waals surface area contributed by atoms with E-state index in [1.54, 1.807) is 24.1 Å². The maximum Gasteiger partial charge on any atom is 0.246 e. The smallest absolute Gasteiger partial charge is 0.246 e. The number of nitrogens with one attached hydrogen (secondary N) is 1. The first-order valence-corrected chi connectivity index (χ1v) is 6.75. The van der Waals surface area contributed by atoms with Gasteiger partial charge in [-0.25, -0.2) is 0 Å². The highest BCUT2D eigenvalue weighted by atomic mass is 16.2. The van der Waals surface area contributed by atoms with Gasteiger partial charge in [0.05, 0.1) is 6.20 Å². The average Bonchev–Trinajstić information content (AvgIpc) is 2.86. The molecule has 2 rings (SSSR count). The van der Waals surface area contributed by atoms with E-state index in [0.29, 0.717) is 5.56 Å². The molecule has 3 N–H and O–H groups in total. The van der Waals surface area contributed by atoms with Crippen molar-refractivity contribution < 1.29 is 4.79 Å². The van der Waals surface area contributed by atoms with E-state index < -0.39 is 6.04 Å². The van der Waals surface area contributed by atoms with E-state index in [0.717, 1.165) is 17.8 Å². The minimum absolute atomic E-state index is 0.241. The second-order valence-corrected chi connectivity index (χ2v) is 5.31. The monoisotopic (exact) mass is 287 g/mol. The molecule has 6 nitrogen and oxygen atoms in total. The molecule has 1 atom stereocenters. The summed E-state index contributed by atoms with van der Waals surface area (Å²) in [5.74, 6) is -0.241. The molecular formula is C15H21N5O. The molecule has 1 amide bonds. The van der Waals surface area contributed by atoms with E-state index in [-0.39, 0.29) is 5.91 Å². The van der Waals surface area contributed by atoms with E-state index in [1.165, 1.54) is 0 Å². The van der Waals surface area contributed by atoms with Crippen LogP contribution in [0.25, 0.3) is 0 Å². The molecule has 0 radical (unpaired) electrons. The Morgan fingerprint density at radius 1 is 1.43 bits per heavy atom. The lowest BCUT2D eigenvalue weighted by Crippen LogP contribution is -2.28. The summed E-state index contributed by atoms with van der Waals surface area (Å²) in [5, 5.41) is 6.93. The van der Waals surface area contributed by atoms with Crippen molar-refractivity contribution in [2.75, 3.05) is 19.4 Å². The summed E-state index contributed by atoms with van der Waals surface area (Å²) in [5.41, 5.74) is 8.51. The molecule has 0 aliphatic heterocycles. The SMILES string of the molecule is CN(C)Cc1ccccc1NC(=O)C(N)c1cnn(C)c1. The number of nitrogens with two attached hydrogens (primary N) is 1. The lowest BCUT2D eigenvalue weighted by atomic mass is 10.1. The standard InChI is InChI=1S/C15H21N5O/c1-19(2)9-11-6-4-5-7-13(11)18-15(21)14(16)12-8-17-20(3)10-12/h4-8,10,14H,9,16H2,1-3H3,(H,18,21). The zero-order chi connectivity index (χ0) is 15.4. The second kappa shape index (κ2) is 6.51. The normalized spacial score (nSPS) is 12.4. The topological polar surface area (TPSA) is 76.2 Å². The van der Waals surface area contributed by atoms with Gasteiger partial charge in [0.25, 0.3) is 0 Å². The summed E-state index contributed by atoms with van der Waals surface area (Å²) in [6.07, 6.45) is 3.35. The van der Waals surface area contributed by atoms with Gasteiger partial charge in [0, 0.05) is 31.0 Å². The van der Waals surface area contributed by atoms with Gasteiger partial charge in [0.2, 0.25) is 5.91 Å². The number of rotatable bonds is 5. The Bertz CT molecular complexity index is 620. The van der Waals surface area contributed by atoms with Crippen LogP contribution in [0.1, 0.15) is 17.2 Å². The number of amides is 1. The number of anilines is 1. The first-order valence-electron chi connectivity index (χ1n) is 6.75. The van der Waals surface area contributed by atoms with E-state index in [9.17, 15) is 4.79 Å². The van der Waals surface area contributed by atoms with Gasteiger partial charge in [0.1, 0.15) is 6.04 Å². The molecule has 1 heterocycles. The van der Waals surface area contributed by atoms with Gasteiger partial charge in [-0.3, -0.25) is 9.48 Å². The first-order chi connectivity index (χ1) is 9.97. The summed E-state index contributed by atoms with van der Waals surface area (Å²) in [6, 6.07) is 6.99. The molecule has 0 bridgehead atoms. The minimum atomic E-state index is -0.730. The van der Waals surface area contributed by atoms with Crippen LogP contribution in [0.2, 0.25) is 0 Å². The van der Waals surface area contributed by atoms with E-state index in [4.69, 9.17) is 5.73 Å². The van der Waals surface area contributed by atoms with Gasteiger partial charge in [-0.2, -0.15) is 5.10 Å². The molecule has 0 fully saturated rings. The van der Waals surface area contributed by atoms with Gasteiger partial charge in [-0.15, -0.1) is 0 Å². The summed E-state index contributed by atoms with van der Waals surface area (Å²) in [6.45, 7) is 0.749. The number of nitrogens with zero attached hydrogens (tertiary/aromatic N) is 3. The molecule has 0 aliphatic rings. The van der Waals surface area contributed by atoms with Crippen molar-refractivity contribution in [3.8, 4) is 0 Å². The zero-order valence-electron chi connectivity index (χ0n) is 12.6. The van der Waals surface area contributed by atoms with Crippen LogP contribution in [0.4, 0.5) is 5.69 Å². The van der Waals surface area contributed by atoms with Crippen molar-refractivity contribution in [3.63, 3.8) is 0 Å². The molecule has 0 aliphatic carbocycles. The van der Waals surface area contributed by atoms with Gasteiger partial charge in [0.15, 0.2) is 0 Å². The second-order valence-electron chi connectivity index (χ2n) is 5.31. The Kier molecular flexibility index (Phi) is 4.72. The number of para-hydroxylation sites is 1. The number of hydrogen-bond acceptors (Lipinski definition) is 4. The van der Waals surface area contributed by atoms with Crippen LogP contribution >= 0.6 is 0 Å². The minimum Gasteiger partial charge on any atom is -0.324 e. The molecule has 21 heavy (non-hydrogen) atoms. The van der Waals surface area contributed by atoms with Gasteiger partial charge in [-0.05, 0) is 25.7 Å². The molecule has 1 aromatic heterocycles. The molecule has 6 heteroatoms. The van der Waals surface area contributed by atoms with Crippen LogP contribution in [-0.2, 0) is 18.4 Å². The summed E-state index contributed by atoms with van der Waals surface area (Å²) in [4.78, 5) is 14.3. The third-order valence-electron chi connectivity index (χ3n) is 3.13. The highest BCUT2D eigenvalue weighted by Crippen LogP contribution is 2.18. The fourth-order valence-corrected chi connectivity index (χ4v) is 2.08. The number of carbonyl (C=O) groups is 1. The van der Waals surface area contributed by atoms with Crippen LogP contribution in [0.3, 0.4) is 0 Å². The molecule has 112 valence electrons. The Morgan fingerprint density at radius 2 is 2.14 bits per heavy atom. The van der Waals surface area contributed by atoms with Gasteiger partial charge >= 0.3 is 0 Å². The van der Waals surface area contributed by atoms with Crippen molar-refractivity contribution in [1.82, 2.24) is 14.7 Å². The lowest BCUT2D eigenvalue weighted by Gasteiger charge is -2.16. The van der Waals surface area contributed by atoms with Crippen molar-refractivity contribution in [2.45, 2.75) is 12.6 Å². The van der Waals surface area contributed by atoms with Crippen molar-refractivity contribution in [1.29, 1.82) is 0 Å². The number of carbonyl (C=O) groups excluding carboxylic acids is 1. The summed E-state index contributed by atoms with van der Waals surface area (Å²) in [7, 11) is 5.76. The fraction of sp³-hybridized carbons (Fsp3) is 0.333. The molecule has 2 aromatic rings. The number of benzene rings is 1. The van der Waals surface area contributed by atoms with Crippen LogP contribution < -0.4 is 11.1 Å². The maximum absolute atomic E-state index is 12.3. The van der Waals surface area contributed by atoms with E-state index in [1.807, 2.05) is 43.3 Å². The summed E-state index contributed by atoms with van der Waals surface area (Å²) < 4.78 is 1.63. The Labute approximate surface area is 124 Å². The molecule has 0 saturated heterocycles. The molecule has 1 aromatic carbocycles. The molecular weight excluding hydrogens is 266 g/mol. The third kappa shape index (κ3) is 3.90. The average molecular weight is 287 g/mol. The van der Waals surface area contributed by atoms with Gasteiger partial charge < -0.3 is 16.0 Å². The quantitative estimate of drug-likeness (QED) is 0.864. The van der Waals surface area contributed by atoms with Gasteiger partial charge in [-0.1, -0.05) is 18.2 Å². The van der Waals surface area contributed by atoms with E-state index in [2.05, 4.69) is 10.4 Å². The Morgan fingerprint density at radius 3 is 2.76 bits per heavy atom. The number of aryl methyl sites for hydroxylation is 1. The molecule has 0 spiro atoms. The van der Waals surface area contributed by atoms with Crippen molar-refractivity contribution in [2.24, 2.45) is 12.8 Å². The van der Waals surface area contributed by atoms with E-state index >= 15 is 0 Å². The maximum atomic E-state index is 12.3. The van der Waals surface area contributed by atoms with Crippen LogP contribution in [0.15, 0.2) is 36.7 Å². The van der Waals surface area contributed by atoms with Crippen LogP contribution in [-0.4, -0.2) is 34.7 Å². The predicted molar refractivity (Wildman–Crippen MR) is 82.6 cm³/mol. The predicted octanol–water partition coefficient (Wildman–Crippen LogP) is 1.12. The highest BCUT2D eigenvalue weighted by molar-refractivity contribution is 5.95. The Hall–Kier alpha value is -2.18. The third-order valence-corrected chi connectivity index (χ3v) is 3.13. The Balaban J connectivity index is 2.12. The highest BCUT2D eigenvalue weighted by Gasteiger charge is 2.18. The number of aromatic nitrogens is 2. The fourth-order valence-electron chi connectivity index (χ4n) is 2.08. The first kappa shape index (κ1) is 15.2. The zero-order valence-corrected chi connectivity index (χ0v) is 12.6. The van der Waals surface area contributed by atoms with Crippen LogP contribution in [0.5, 0.6) is 0 Å². The largest absolute Gasteiger partial charge is 0.324 e. The lowest BCUT2D eigenvalue weighted by molar-refractivity contribution is -0.117. The number of hydrogen-bond donors (Lipinski definition) is 2. The van der Waals surface area contributed by atoms with Crippen LogP contribution in [0, 0.1) is 0 Å². The molecule has 0 saturated carbocycles.